The second kappa shape index (κ2) is 54.4. The summed E-state index contributed by atoms with van der Waals surface area (Å²) < 4.78 is 17.4. The number of allylic oxidation sites excluding steroid dienone is 14. The number of carbonyl (C=O) groups is 2. The first kappa shape index (κ1) is 61.1. The largest absolute Gasteiger partial charge is 0.462 e. The number of rotatable bonds is 49. The zero-order valence-corrected chi connectivity index (χ0v) is 42.3. The third kappa shape index (κ3) is 51.7. The standard InChI is InChI=1S/C59H102O5/c1-4-7-10-13-16-19-22-25-27-29-30-32-33-35-37-40-43-46-49-52-58(60)63-56-57(55-62-54-51-48-45-42-39-24-21-18-15-12-9-6-3)64-59(61)53-50-47-44-41-38-36-34-31-28-26-23-20-17-14-11-8-5-2/h7,10,15-16,18-19,25-28,30,32,35,37,57H,4-6,8-9,11-14,17,20-24,29,31,33-34,36,38-56H2,1-3H3/b10-7-,18-15-,19-16-,27-25-,28-26-,32-30-,37-35-. The van der Waals surface area contributed by atoms with Crippen LogP contribution in [0.25, 0.3) is 0 Å². The van der Waals surface area contributed by atoms with Crippen LogP contribution in [0.2, 0.25) is 0 Å². The molecule has 64 heavy (non-hydrogen) atoms. The van der Waals surface area contributed by atoms with Crippen molar-refractivity contribution in [3.63, 3.8) is 0 Å². The lowest BCUT2D eigenvalue weighted by Gasteiger charge is -2.18. The molecule has 0 aliphatic rings. The fourth-order valence-corrected chi connectivity index (χ4v) is 7.34. The lowest BCUT2D eigenvalue weighted by molar-refractivity contribution is -0.163. The predicted molar refractivity (Wildman–Crippen MR) is 279 cm³/mol. The van der Waals surface area contributed by atoms with Crippen molar-refractivity contribution in [3.8, 4) is 0 Å². The van der Waals surface area contributed by atoms with Gasteiger partial charge in [-0.1, -0.05) is 215 Å². The summed E-state index contributed by atoms with van der Waals surface area (Å²) in [7, 11) is 0. The van der Waals surface area contributed by atoms with E-state index in [2.05, 4.69) is 106 Å². The molecule has 0 rings (SSSR count). The smallest absolute Gasteiger partial charge is 0.306 e. The van der Waals surface area contributed by atoms with Crippen molar-refractivity contribution >= 4 is 11.9 Å². The molecule has 0 radical (unpaired) electrons. The molecule has 5 heteroatoms. The van der Waals surface area contributed by atoms with Gasteiger partial charge in [0.2, 0.25) is 0 Å². The molecule has 368 valence electrons. The van der Waals surface area contributed by atoms with E-state index in [0.29, 0.717) is 19.4 Å². The number of hydrogen-bond acceptors (Lipinski definition) is 5. The molecule has 0 spiro atoms. The SMILES string of the molecule is CC/C=C\C/C=C\C/C=C\C/C=C\C/C=C\CCCCCC(=O)OCC(COCCCCCCCC/C=C\CCCC)OC(=O)CCCCCCCCC/C=C\CCCCCCCC. The highest BCUT2D eigenvalue weighted by Gasteiger charge is 2.17. The monoisotopic (exact) mass is 891 g/mol. The van der Waals surface area contributed by atoms with Crippen LogP contribution in [0.5, 0.6) is 0 Å². The van der Waals surface area contributed by atoms with E-state index in [4.69, 9.17) is 14.2 Å². The number of ether oxygens (including phenoxy) is 3. The average Bonchev–Trinajstić information content (AvgIpc) is 3.30. The topological polar surface area (TPSA) is 61.8 Å². The van der Waals surface area contributed by atoms with E-state index in [9.17, 15) is 9.59 Å². The van der Waals surface area contributed by atoms with Crippen molar-refractivity contribution in [2.45, 2.75) is 258 Å². The van der Waals surface area contributed by atoms with E-state index < -0.39 is 6.10 Å². The molecule has 5 nitrogen and oxygen atoms in total. The summed E-state index contributed by atoms with van der Waals surface area (Å²) in [6, 6.07) is 0. The lowest BCUT2D eigenvalue weighted by atomic mass is 10.1. The van der Waals surface area contributed by atoms with Gasteiger partial charge in [-0.3, -0.25) is 9.59 Å². The van der Waals surface area contributed by atoms with Gasteiger partial charge in [0, 0.05) is 19.4 Å². The molecule has 0 bridgehead atoms. The number of hydrogen-bond donors (Lipinski definition) is 0. The van der Waals surface area contributed by atoms with Crippen LogP contribution in [0.4, 0.5) is 0 Å². The molecule has 0 saturated carbocycles. The first-order valence-electron chi connectivity index (χ1n) is 27.1. The Bertz CT molecular complexity index is 1190. The van der Waals surface area contributed by atoms with Crippen molar-refractivity contribution in [3.05, 3.63) is 85.1 Å². The molecule has 1 atom stereocenters. The molecule has 0 saturated heterocycles. The fraction of sp³-hybridized carbons (Fsp3) is 0.729. The highest BCUT2D eigenvalue weighted by molar-refractivity contribution is 5.70. The first-order chi connectivity index (χ1) is 31.6. The third-order valence-electron chi connectivity index (χ3n) is 11.4. The summed E-state index contributed by atoms with van der Waals surface area (Å²) >= 11 is 0. The van der Waals surface area contributed by atoms with Crippen molar-refractivity contribution in [2.75, 3.05) is 19.8 Å². The Labute approximate surface area is 397 Å². The van der Waals surface area contributed by atoms with Crippen LogP contribution in [0.1, 0.15) is 252 Å². The summed E-state index contributed by atoms with van der Waals surface area (Å²) in [6.45, 7) is 7.64. The zero-order chi connectivity index (χ0) is 46.3. The van der Waals surface area contributed by atoms with E-state index in [1.165, 1.54) is 128 Å². The van der Waals surface area contributed by atoms with E-state index in [1.54, 1.807) is 0 Å². The van der Waals surface area contributed by atoms with E-state index in [1.807, 2.05) is 0 Å². The quantitative estimate of drug-likeness (QED) is 0.0346. The average molecular weight is 891 g/mol. The maximum absolute atomic E-state index is 12.8. The van der Waals surface area contributed by atoms with Gasteiger partial charge in [-0.2, -0.15) is 0 Å². The number of unbranched alkanes of at least 4 members (excludes halogenated alkanes) is 24. The molecule has 0 aliphatic heterocycles. The van der Waals surface area contributed by atoms with Crippen LogP contribution in [-0.2, 0) is 23.8 Å². The van der Waals surface area contributed by atoms with Gasteiger partial charge >= 0.3 is 11.9 Å². The molecule has 1 unspecified atom stereocenters. The van der Waals surface area contributed by atoms with Gasteiger partial charge in [-0.05, 0) is 109 Å². The van der Waals surface area contributed by atoms with Gasteiger partial charge < -0.3 is 14.2 Å². The molecular formula is C59H102O5. The number of carbonyl (C=O) groups excluding carboxylic acids is 2. The summed E-state index contributed by atoms with van der Waals surface area (Å²) in [5.74, 6) is -0.441. The van der Waals surface area contributed by atoms with Crippen LogP contribution in [0.3, 0.4) is 0 Å². The van der Waals surface area contributed by atoms with Gasteiger partial charge in [0.15, 0.2) is 6.10 Å². The van der Waals surface area contributed by atoms with Crippen molar-refractivity contribution < 1.29 is 23.8 Å². The van der Waals surface area contributed by atoms with Crippen molar-refractivity contribution in [2.24, 2.45) is 0 Å². The lowest BCUT2D eigenvalue weighted by Crippen LogP contribution is -2.30. The maximum Gasteiger partial charge on any atom is 0.306 e. The van der Waals surface area contributed by atoms with Gasteiger partial charge in [0.25, 0.3) is 0 Å². The fourth-order valence-electron chi connectivity index (χ4n) is 7.34. The molecule has 0 amide bonds. The molecule has 0 aromatic carbocycles. The third-order valence-corrected chi connectivity index (χ3v) is 11.4. The highest BCUT2D eigenvalue weighted by Crippen LogP contribution is 2.14. The Balaban J connectivity index is 4.32. The van der Waals surface area contributed by atoms with Gasteiger partial charge in [0.1, 0.15) is 6.61 Å². The predicted octanol–water partition coefficient (Wildman–Crippen LogP) is 18.5. The summed E-state index contributed by atoms with van der Waals surface area (Å²) in [4.78, 5) is 25.4. The van der Waals surface area contributed by atoms with E-state index in [-0.39, 0.29) is 25.2 Å². The minimum absolute atomic E-state index is 0.0612. The Kier molecular flexibility index (Phi) is 51.9. The maximum atomic E-state index is 12.8. The molecule has 0 aliphatic carbocycles. The summed E-state index contributed by atoms with van der Waals surface area (Å²) in [6.07, 6.45) is 71.6. The van der Waals surface area contributed by atoms with Crippen molar-refractivity contribution in [1.29, 1.82) is 0 Å². The highest BCUT2D eigenvalue weighted by atomic mass is 16.6. The Morgan fingerprint density at radius 3 is 1.20 bits per heavy atom. The Morgan fingerprint density at radius 2 is 0.719 bits per heavy atom. The van der Waals surface area contributed by atoms with Gasteiger partial charge in [-0.25, -0.2) is 0 Å². The summed E-state index contributed by atoms with van der Waals surface area (Å²) in [5.41, 5.74) is 0. The summed E-state index contributed by atoms with van der Waals surface area (Å²) in [5, 5.41) is 0. The molecule has 0 heterocycles. The molecule has 0 aromatic heterocycles. The Morgan fingerprint density at radius 1 is 0.359 bits per heavy atom. The van der Waals surface area contributed by atoms with E-state index in [0.717, 1.165) is 89.9 Å². The molecule has 0 N–H and O–H groups in total. The minimum atomic E-state index is -0.558. The van der Waals surface area contributed by atoms with Gasteiger partial charge in [0.05, 0.1) is 6.61 Å². The van der Waals surface area contributed by atoms with Crippen LogP contribution in [0, 0.1) is 0 Å². The molecule has 0 fully saturated rings. The first-order valence-corrected chi connectivity index (χ1v) is 27.1. The Hall–Kier alpha value is -2.92. The molecular weight excluding hydrogens is 789 g/mol. The van der Waals surface area contributed by atoms with Crippen LogP contribution < -0.4 is 0 Å². The van der Waals surface area contributed by atoms with Crippen LogP contribution >= 0.6 is 0 Å². The minimum Gasteiger partial charge on any atom is -0.462 e. The molecule has 0 aromatic rings. The second-order valence-electron chi connectivity index (χ2n) is 17.7. The second-order valence-corrected chi connectivity index (χ2v) is 17.7. The van der Waals surface area contributed by atoms with Crippen LogP contribution in [0.15, 0.2) is 85.1 Å². The van der Waals surface area contributed by atoms with Gasteiger partial charge in [-0.15, -0.1) is 0 Å². The van der Waals surface area contributed by atoms with E-state index >= 15 is 0 Å². The van der Waals surface area contributed by atoms with Crippen molar-refractivity contribution in [1.82, 2.24) is 0 Å². The zero-order valence-electron chi connectivity index (χ0n) is 42.3. The normalized spacial score (nSPS) is 12.9. The number of esters is 2. The van der Waals surface area contributed by atoms with Crippen LogP contribution in [-0.4, -0.2) is 37.9 Å².